The summed E-state index contributed by atoms with van der Waals surface area (Å²) in [5, 5.41) is 4.77. The number of aliphatic hydroxyl groups is 1. The molecule has 1 N–H and O–H groups in total. The Kier molecular flexibility index (Phi) is 23.7. The lowest BCUT2D eigenvalue weighted by atomic mass is 9.55. The number of aryl methyl sites for hydroxylation is 1. The molecule has 0 bridgehead atoms. The van der Waals surface area contributed by atoms with E-state index in [1.807, 2.05) is 21.6 Å². The van der Waals surface area contributed by atoms with Gasteiger partial charge in [0.2, 0.25) is 7.98 Å². The zero-order valence-electron chi connectivity index (χ0n) is 42.0. The molecule has 21 heteroatoms. The molecule has 69 heavy (non-hydrogen) atoms. The summed E-state index contributed by atoms with van der Waals surface area (Å²) in [5.74, 6) is 4.43. The third-order valence-corrected chi connectivity index (χ3v) is 18.7. The summed E-state index contributed by atoms with van der Waals surface area (Å²) in [6.07, 6.45) is -8.28. The van der Waals surface area contributed by atoms with Crippen LogP contribution in [0.15, 0.2) is 18.2 Å². The van der Waals surface area contributed by atoms with E-state index in [0.717, 1.165) is 94.3 Å². The summed E-state index contributed by atoms with van der Waals surface area (Å²) in [6, 6.07) is 6.98. The van der Waals surface area contributed by atoms with E-state index in [2.05, 4.69) is 67.1 Å². The number of likely N-dealkylation sites (N-methyl/N-ethyl adjacent to an activating group) is 1. The van der Waals surface area contributed by atoms with Crippen LogP contribution in [0.3, 0.4) is 0 Å². The van der Waals surface area contributed by atoms with Gasteiger partial charge in [0.25, 0.3) is 8.53 Å². The molecule has 3 aliphatic carbocycles. The number of fused-ring (bicyclic) bond motifs is 5. The van der Waals surface area contributed by atoms with Gasteiger partial charge in [0.05, 0.1) is 32.5 Å². The monoisotopic (exact) mass is 1060 g/mol. The molecule has 0 saturated heterocycles. The number of hydrogen-bond acceptors (Lipinski definition) is 10. The number of nitrogens with zero attached hydrogens (tertiary/aromatic N) is 3. The van der Waals surface area contributed by atoms with Gasteiger partial charge >= 0.3 is 24.1 Å². The maximum absolute atomic E-state index is 13.2. The molecule has 1 aromatic carbocycles. The van der Waals surface area contributed by atoms with Crippen LogP contribution >= 0.6 is 30.1 Å². The Hall–Kier alpha value is -1.27. The van der Waals surface area contributed by atoms with Crippen LogP contribution < -0.4 is 4.74 Å². The van der Waals surface area contributed by atoms with Gasteiger partial charge in [-0.25, -0.2) is 11.2 Å². The molecule has 4 rings (SSSR count). The smallest absolute Gasteiger partial charge is 0.435 e. The molecule has 0 amide bonds. The minimum atomic E-state index is -6.75. The first-order chi connectivity index (χ1) is 33.0. The number of halogens is 9. The Labute approximate surface area is 415 Å². The van der Waals surface area contributed by atoms with E-state index in [-0.39, 0.29) is 42.7 Å². The van der Waals surface area contributed by atoms with Crippen LogP contribution in [0, 0.1) is 29.7 Å². The van der Waals surface area contributed by atoms with Crippen LogP contribution in [0.4, 0.5) is 39.5 Å². The van der Waals surface area contributed by atoms with Crippen molar-refractivity contribution < 1.29 is 67.9 Å². The van der Waals surface area contributed by atoms with Crippen LogP contribution in [0.1, 0.15) is 122 Å². The quantitative estimate of drug-likeness (QED) is 0.0248. The maximum atomic E-state index is 13.2. The van der Waals surface area contributed by atoms with Crippen LogP contribution in [0.2, 0.25) is 0 Å². The predicted molar refractivity (Wildman–Crippen MR) is 256 cm³/mol. The molecule has 2 fully saturated rings. The van der Waals surface area contributed by atoms with Gasteiger partial charge in [0, 0.05) is 49.2 Å². The highest BCUT2D eigenvalue weighted by Gasteiger charge is 2.85. The van der Waals surface area contributed by atoms with Crippen LogP contribution in [0.5, 0.6) is 5.75 Å². The van der Waals surface area contributed by atoms with Crippen molar-refractivity contribution in [2.75, 3.05) is 77.8 Å². The van der Waals surface area contributed by atoms with Crippen LogP contribution in [0.25, 0.3) is 4.85 Å². The third kappa shape index (κ3) is 16.4. The zero-order chi connectivity index (χ0) is 51.8. The molecule has 0 heterocycles. The molecule has 3 aliphatic rings. The SMILES string of the molecule is [2H]OCC(CCCCCCSSCCCOc1ccc2c(c1)CCC1C2CCC2(C)C(OCCN(C)CCOC(C(F)(F)F)(C(F)(F)F)C(F)(F)F)CCC12)COP(OCC[N+]#[C-])N(C(C)C)C(C)C. The van der Waals surface area contributed by atoms with Gasteiger partial charge < -0.3 is 38.1 Å². The molecule has 0 spiro atoms. The van der Waals surface area contributed by atoms with E-state index in [9.17, 15) is 39.5 Å². The average Bonchev–Trinajstić information content (AvgIpc) is 3.61. The van der Waals surface area contributed by atoms with E-state index in [0.29, 0.717) is 50.7 Å². The number of benzene rings is 1. The lowest BCUT2D eigenvalue weighted by molar-refractivity contribution is -0.457. The van der Waals surface area contributed by atoms with Gasteiger partial charge in [0.1, 0.15) is 12.4 Å². The Morgan fingerprint density at radius 2 is 1.52 bits per heavy atom. The van der Waals surface area contributed by atoms with Gasteiger partial charge in [0.15, 0.2) is 0 Å². The molecule has 0 radical (unpaired) electrons. The molecule has 398 valence electrons. The van der Waals surface area contributed by atoms with E-state index in [1.165, 1.54) is 23.1 Å². The van der Waals surface area contributed by atoms with Crippen molar-refractivity contribution >= 4 is 30.1 Å². The Balaban J connectivity index is 1.10. The van der Waals surface area contributed by atoms with E-state index in [4.69, 9.17) is 31.6 Å². The largest absolute Gasteiger partial charge is 0.494 e. The summed E-state index contributed by atoms with van der Waals surface area (Å²) < 4.78 is 157. The molecule has 7 unspecified atom stereocenters. The predicted octanol–water partition coefficient (Wildman–Crippen LogP) is 13.3. The van der Waals surface area contributed by atoms with Crippen LogP contribution in [-0.4, -0.2) is 136 Å². The Bertz CT molecular complexity index is 1690. The number of unbranched alkanes of at least 4 members (excludes halogenated alkanes) is 3. The van der Waals surface area contributed by atoms with Gasteiger partial charge in [-0.05, 0) is 139 Å². The number of ether oxygens (including phenoxy) is 3. The number of hydrogen-bond donors (Lipinski definition) is 1. The number of alkyl halides is 9. The van der Waals surface area contributed by atoms with Crippen molar-refractivity contribution in [2.45, 2.75) is 160 Å². The van der Waals surface area contributed by atoms with E-state index < -0.39 is 45.8 Å². The molecule has 0 aliphatic heterocycles. The molecular weight excluding hydrogens is 981 g/mol. The number of rotatable bonds is 32. The second-order valence-electron chi connectivity index (χ2n) is 19.5. The van der Waals surface area contributed by atoms with Gasteiger partial charge in [-0.1, -0.05) is 53.8 Å². The first-order valence-electron chi connectivity index (χ1n) is 24.8. The Morgan fingerprint density at radius 1 is 0.855 bits per heavy atom. The highest BCUT2D eigenvalue weighted by atomic mass is 33.1. The summed E-state index contributed by atoms with van der Waals surface area (Å²) in [4.78, 5) is 4.71. The summed E-state index contributed by atoms with van der Waals surface area (Å²) >= 11 is 0. The fourth-order valence-electron chi connectivity index (χ4n) is 10.5. The van der Waals surface area contributed by atoms with E-state index in [1.54, 1.807) is 0 Å². The second kappa shape index (κ2) is 27.9. The van der Waals surface area contributed by atoms with Crippen molar-refractivity contribution in [1.82, 2.24) is 9.57 Å². The summed E-state index contributed by atoms with van der Waals surface area (Å²) in [5.41, 5.74) is -3.65. The maximum Gasteiger partial charge on any atom is 0.435 e. The van der Waals surface area contributed by atoms with Crippen molar-refractivity contribution in [3.05, 3.63) is 40.7 Å². The number of aliphatic hydroxyl groups excluding tert-OH is 1. The summed E-state index contributed by atoms with van der Waals surface area (Å²) in [7, 11) is 3.86. The normalized spacial score (nSPS) is 23.2. The van der Waals surface area contributed by atoms with Gasteiger partial charge in [-0.15, -0.1) is 0 Å². The molecule has 7 atom stereocenters. The zero-order valence-corrected chi connectivity index (χ0v) is 43.5. The van der Waals surface area contributed by atoms with E-state index >= 15 is 0 Å². The fraction of sp³-hybridized carbons (Fsp3) is 0.854. The summed E-state index contributed by atoms with van der Waals surface area (Å²) in [6.45, 7) is 18.0. The molecular formula is C48H75F9N3O6PS2. The fourth-order valence-corrected chi connectivity index (χ4v) is 14.4. The Morgan fingerprint density at radius 3 is 2.17 bits per heavy atom. The van der Waals surface area contributed by atoms with Crippen molar-refractivity contribution in [2.24, 2.45) is 23.2 Å². The topological polar surface area (TPSA) is 77.2 Å². The standard InChI is InChI=1S/C48H75F9N3O6PS2/c1-34(2)60(35(3)4)67(65-26-22-58-6)66-33-36(32-61)13-10-8-9-11-29-68-69-30-12-25-62-38-15-17-39-37(31-38)14-16-41-40(39)20-21-44(5)42(41)18-19-43(44)63-27-23-59(7)24-28-64-45(46(49,50)51,47(52,53)54)48(55,56)57/h15,17,31,34-36,40-43,61H,8-14,16,18-30,32-33H2,1-5,7H3/i61D. The van der Waals surface area contributed by atoms with Gasteiger partial charge in [-0.2, -0.15) is 39.5 Å². The lowest BCUT2D eigenvalue weighted by Crippen LogP contribution is -2.68. The second-order valence-corrected chi connectivity index (χ2v) is 23.6. The minimum Gasteiger partial charge on any atom is -0.494 e. The van der Waals surface area contributed by atoms with Gasteiger partial charge in [-0.3, -0.25) is 0 Å². The van der Waals surface area contributed by atoms with Crippen LogP contribution in [-0.2, 0) is 24.9 Å². The van der Waals surface area contributed by atoms with Crippen molar-refractivity contribution in [1.29, 1.82) is 1.43 Å². The molecule has 2 saturated carbocycles. The molecule has 0 aromatic heterocycles. The molecule has 1 aromatic rings. The molecule has 9 nitrogen and oxygen atoms in total. The van der Waals surface area contributed by atoms with Crippen molar-refractivity contribution in [3.63, 3.8) is 0 Å². The highest BCUT2D eigenvalue weighted by molar-refractivity contribution is 8.76. The first kappa shape index (κ1) is 58.6. The minimum absolute atomic E-state index is 0.0856. The average molecular weight is 1060 g/mol. The van der Waals surface area contributed by atoms with Crippen molar-refractivity contribution in [3.8, 4) is 5.75 Å². The first-order valence-corrected chi connectivity index (χ1v) is 28.0. The lowest BCUT2D eigenvalue weighted by Gasteiger charge is -2.50. The highest BCUT2D eigenvalue weighted by Crippen LogP contribution is 2.62. The third-order valence-electron chi connectivity index (χ3n) is 14.0.